The molecule has 1 heterocycles. The van der Waals surface area contributed by atoms with Crippen LogP contribution in [0.3, 0.4) is 0 Å². The van der Waals surface area contributed by atoms with Crippen molar-refractivity contribution in [1.82, 2.24) is 9.80 Å². The molecule has 1 aromatic carbocycles. The van der Waals surface area contributed by atoms with Gasteiger partial charge in [0.1, 0.15) is 17.8 Å². The van der Waals surface area contributed by atoms with Gasteiger partial charge in [-0.3, -0.25) is 19.8 Å². The highest BCUT2D eigenvalue weighted by molar-refractivity contribution is 5.67. The molecule has 1 aromatic rings. The Balaban J connectivity index is 2.16. The lowest BCUT2D eigenvalue weighted by Gasteiger charge is -2.30. The normalized spacial score (nSPS) is 16.4. The van der Waals surface area contributed by atoms with Crippen LogP contribution in [0, 0.1) is 15.5 Å². The van der Waals surface area contributed by atoms with E-state index in [-0.39, 0.29) is 12.1 Å². The molecule has 1 fully saturated rings. The maximum absolute atomic E-state index is 11.2. The van der Waals surface area contributed by atoms with E-state index in [0.29, 0.717) is 23.7 Å². The number of rotatable bonds is 9. The Kier molecular flexibility index (Phi) is 7.64. The van der Waals surface area contributed by atoms with Crippen molar-refractivity contribution in [3.63, 3.8) is 0 Å². The molecule has 1 aliphatic rings. The molecule has 0 saturated carbocycles. The number of nitrogens with zero attached hydrogens (tertiary/aromatic N) is 3. The molecule has 0 radical (unpaired) electrons. The maximum atomic E-state index is 11.2. The first-order valence-corrected chi connectivity index (χ1v) is 10.1. The number of benzene rings is 1. The predicted molar refractivity (Wildman–Crippen MR) is 124 cm³/mol. The van der Waals surface area contributed by atoms with Crippen LogP contribution in [0.4, 0.5) is 5.69 Å². The average Bonchev–Trinajstić information content (AvgIpc) is 2.93. The van der Waals surface area contributed by atoms with Crippen molar-refractivity contribution < 1.29 is 19.6 Å². The zero-order chi connectivity index (χ0) is 24.1. The molecule has 1 N–H and O–H groups in total. The van der Waals surface area contributed by atoms with Gasteiger partial charge in [0.25, 0.3) is 5.69 Å². The quantitative estimate of drug-likeness (QED) is 0.310. The van der Waals surface area contributed by atoms with Gasteiger partial charge in [-0.15, -0.1) is 0 Å². The van der Waals surface area contributed by atoms with Crippen LogP contribution in [0.5, 0.6) is 0 Å². The molecule has 0 bridgehead atoms. The van der Waals surface area contributed by atoms with Crippen molar-refractivity contribution in [2.45, 2.75) is 34.1 Å². The van der Waals surface area contributed by atoms with Crippen LogP contribution in [0.1, 0.15) is 39.7 Å². The molecule has 1 saturated heterocycles. The Bertz CT molecular complexity index is 1000. The number of non-ortho nitro benzene ring substituents is 1. The van der Waals surface area contributed by atoms with Crippen LogP contribution in [0.25, 0.3) is 5.76 Å². The van der Waals surface area contributed by atoms with E-state index in [0.717, 1.165) is 11.4 Å². The van der Waals surface area contributed by atoms with Crippen LogP contribution >= 0.6 is 0 Å². The molecule has 170 valence electrons. The van der Waals surface area contributed by atoms with Gasteiger partial charge in [-0.2, -0.15) is 0 Å². The summed E-state index contributed by atoms with van der Waals surface area (Å²) in [5, 5.41) is 20.0. The lowest BCUT2D eigenvalue weighted by atomic mass is 9.88. The van der Waals surface area contributed by atoms with Crippen LogP contribution in [-0.2, 0) is 9.53 Å². The number of hydrogen-bond acceptors (Lipinski definition) is 6. The largest absolute Gasteiger partial charge is 0.481 e. The number of carbonyl (C=O) groups is 1. The molecule has 32 heavy (non-hydrogen) atoms. The molecule has 2 rings (SSSR count). The Morgan fingerprint density at radius 1 is 1.25 bits per heavy atom. The van der Waals surface area contributed by atoms with Crippen LogP contribution in [0.15, 0.2) is 79.3 Å². The van der Waals surface area contributed by atoms with E-state index in [2.05, 4.69) is 13.2 Å². The molecule has 0 atom stereocenters. The van der Waals surface area contributed by atoms with Crippen molar-refractivity contribution in [2.24, 2.45) is 5.41 Å². The molecule has 0 aromatic heterocycles. The molecule has 0 spiro atoms. The van der Waals surface area contributed by atoms with Gasteiger partial charge in [-0.1, -0.05) is 33.1 Å². The molecule has 0 amide bonds. The van der Waals surface area contributed by atoms with E-state index in [4.69, 9.17) is 4.74 Å². The summed E-state index contributed by atoms with van der Waals surface area (Å²) < 4.78 is 5.78. The van der Waals surface area contributed by atoms with E-state index in [1.807, 2.05) is 43.6 Å². The molecule has 0 aliphatic carbocycles. The van der Waals surface area contributed by atoms with Gasteiger partial charge in [0.15, 0.2) is 0 Å². The third kappa shape index (κ3) is 5.66. The molecule has 8 nitrogen and oxygen atoms in total. The minimum Gasteiger partial charge on any atom is -0.481 e. The fourth-order valence-electron chi connectivity index (χ4n) is 3.47. The van der Waals surface area contributed by atoms with Crippen molar-refractivity contribution in [3.05, 3.63) is 94.9 Å². The lowest BCUT2D eigenvalue weighted by molar-refractivity contribution is -0.384. The Morgan fingerprint density at radius 2 is 1.88 bits per heavy atom. The second-order valence-electron chi connectivity index (χ2n) is 8.09. The smallest absolute Gasteiger partial charge is 0.303 e. The zero-order valence-corrected chi connectivity index (χ0v) is 18.9. The van der Waals surface area contributed by atoms with Gasteiger partial charge in [-0.05, 0) is 37.5 Å². The van der Waals surface area contributed by atoms with Crippen molar-refractivity contribution in [2.75, 3.05) is 6.54 Å². The monoisotopic (exact) mass is 439 g/mol. The zero-order valence-electron chi connectivity index (χ0n) is 18.9. The summed E-state index contributed by atoms with van der Waals surface area (Å²) in [6.07, 6.45) is 6.90. The first-order valence-electron chi connectivity index (χ1n) is 10.1. The van der Waals surface area contributed by atoms with Crippen molar-refractivity contribution >= 4 is 17.4 Å². The number of hydrogen-bond donors (Lipinski definition) is 1. The molecule has 8 heteroatoms. The highest BCUT2D eigenvalue weighted by Gasteiger charge is 2.35. The maximum Gasteiger partial charge on any atom is 0.303 e. The number of nitro groups is 1. The number of carboxylic acid groups (broad SMARTS) is 1. The lowest BCUT2D eigenvalue weighted by Crippen LogP contribution is -2.32. The minimum atomic E-state index is -0.855. The van der Waals surface area contributed by atoms with Crippen molar-refractivity contribution in [1.29, 1.82) is 0 Å². The van der Waals surface area contributed by atoms with E-state index in [1.165, 1.54) is 18.4 Å². The summed E-state index contributed by atoms with van der Waals surface area (Å²) >= 11 is 0. The highest BCUT2D eigenvalue weighted by atomic mass is 16.6. The standard InChI is InChI=1S/C24H29N3O5/c1-7-21-17(3)26(16-24(5,6)15-23(28)29)18(4)25(21)13-14-32-22(8-2)19-9-11-20(12-10-19)27(30)31/h7-14H,3-4,15-16H2,1-2,5-6H3,(H,28,29)/b14-13+,21-7-,22-8-. The van der Waals surface area contributed by atoms with Crippen molar-refractivity contribution in [3.8, 4) is 0 Å². The number of carboxylic acids is 1. The first-order chi connectivity index (χ1) is 15.0. The van der Waals surface area contributed by atoms with Gasteiger partial charge in [0, 0.05) is 30.4 Å². The predicted octanol–water partition coefficient (Wildman–Crippen LogP) is 5.45. The molecular weight excluding hydrogens is 410 g/mol. The van der Waals surface area contributed by atoms with E-state index in [1.54, 1.807) is 24.4 Å². The SMILES string of the molecule is C=C1/C(=C/C)N(/C=C/O/C(=C\C)c2ccc([N+](=O)[O-])cc2)C(=C)N1CC(C)(C)CC(=O)O. The summed E-state index contributed by atoms with van der Waals surface area (Å²) in [7, 11) is 0. The summed E-state index contributed by atoms with van der Waals surface area (Å²) in [5.74, 6) is 0.326. The van der Waals surface area contributed by atoms with E-state index < -0.39 is 16.3 Å². The van der Waals surface area contributed by atoms with Crippen LogP contribution < -0.4 is 0 Å². The number of nitro benzene ring substituents is 1. The number of ether oxygens (including phenoxy) is 1. The Morgan fingerprint density at radius 3 is 2.38 bits per heavy atom. The second kappa shape index (κ2) is 10.00. The van der Waals surface area contributed by atoms with Gasteiger partial charge < -0.3 is 14.7 Å². The Labute approximate surface area is 188 Å². The Hall–Kier alpha value is -3.81. The third-order valence-corrected chi connectivity index (χ3v) is 4.99. The minimum absolute atomic E-state index is 0.00950. The van der Waals surface area contributed by atoms with Gasteiger partial charge in [-0.25, -0.2) is 0 Å². The number of aliphatic carboxylic acids is 1. The van der Waals surface area contributed by atoms with Crippen LogP contribution in [-0.4, -0.2) is 32.3 Å². The van der Waals surface area contributed by atoms with Crippen LogP contribution in [0.2, 0.25) is 0 Å². The summed E-state index contributed by atoms with van der Waals surface area (Å²) in [6, 6.07) is 6.10. The van der Waals surface area contributed by atoms with Gasteiger partial charge in [0.2, 0.25) is 0 Å². The topological polar surface area (TPSA) is 96.2 Å². The van der Waals surface area contributed by atoms with Gasteiger partial charge >= 0.3 is 5.97 Å². The van der Waals surface area contributed by atoms with Gasteiger partial charge in [0.05, 0.1) is 22.7 Å². The third-order valence-electron chi connectivity index (χ3n) is 4.99. The summed E-state index contributed by atoms with van der Waals surface area (Å²) in [5.41, 5.74) is 1.77. The molecule has 0 unspecified atom stereocenters. The first kappa shape index (κ1) is 24.5. The molecule has 1 aliphatic heterocycles. The fourth-order valence-corrected chi connectivity index (χ4v) is 3.47. The number of allylic oxidation sites excluding steroid dienone is 2. The average molecular weight is 440 g/mol. The summed E-state index contributed by atoms with van der Waals surface area (Å²) in [6.45, 7) is 16.2. The second-order valence-corrected chi connectivity index (χ2v) is 8.09. The highest BCUT2D eigenvalue weighted by Crippen LogP contribution is 2.37. The summed E-state index contributed by atoms with van der Waals surface area (Å²) in [4.78, 5) is 25.3. The fraction of sp³-hybridized carbons (Fsp3) is 0.292. The molecular formula is C24H29N3O5. The van der Waals surface area contributed by atoms with E-state index in [9.17, 15) is 20.0 Å². The van der Waals surface area contributed by atoms with E-state index >= 15 is 0 Å².